The van der Waals surface area contributed by atoms with Gasteiger partial charge in [0.2, 0.25) is 0 Å². The lowest BCUT2D eigenvalue weighted by molar-refractivity contribution is 0.269. The molecule has 0 amide bonds. The summed E-state index contributed by atoms with van der Waals surface area (Å²) < 4.78 is 0. The van der Waals surface area contributed by atoms with Gasteiger partial charge in [0.25, 0.3) is 0 Å². The summed E-state index contributed by atoms with van der Waals surface area (Å²) in [5, 5.41) is 3.57. The summed E-state index contributed by atoms with van der Waals surface area (Å²) in [6.07, 6.45) is 2.80. The van der Waals surface area contributed by atoms with Crippen LogP contribution in [0.4, 0.5) is 0 Å². The van der Waals surface area contributed by atoms with Gasteiger partial charge in [0.1, 0.15) is 0 Å². The van der Waals surface area contributed by atoms with Gasteiger partial charge < -0.3 is 10.2 Å². The third-order valence-electron chi connectivity index (χ3n) is 2.75. The highest BCUT2D eigenvalue weighted by molar-refractivity contribution is 4.74. The van der Waals surface area contributed by atoms with Crippen LogP contribution in [0.3, 0.4) is 0 Å². The molecular weight excluding hydrogens is 172 g/mol. The lowest BCUT2D eigenvalue weighted by Crippen LogP contribution is -2.41. The van der Waals surface area contributed by atoms with Crippen LogP contribution in [-0.4, -0.2) is 36.6 Å². The van der Waals surface area contributed by atoms with Crippen LogP contribution in [0.5, 0.6) is 0 Å². The molecule has 0 bridgehead atoms. The monoisotopic (exact) mass is 198 g/mol. The Kier molecular flexibility index (Phi) is 4.39. The Balaban J connectivity index is 2.12. The van der Waals surface area contributed by atoms with Crippen LogP contribution < -0.4 is 5.32 Å². The summed E-state index contributed by atoms with van der Waals surface area (Å²) in [5.74, 6) is 0.771. The maximum atomic E-state index is 3.57. The second-order valence-electron chi connectivity index (χ2n) is 5.74. The van der Waals surface area contributed by atoms with Crippen LogP contribution in [0.1, 0.15) is 40.5 Å². The van der Waals surface area contributed by atoms with E-state index >= 15 is 0 Å². The minimum absolute atomic E-state index is 0.263. The Morgan fingerprint density at radius 1 is 1.21 bits per heavy atom. The van der Waals surface area contributed by atoms with Gasteiger partial charge in [0.05, 0.1) is 0 Å². The van der Waals surface area contributed by atoms with Crippen LogP contribution in [0.15, 0.2) is 0 Å². The summed E-state index contributed by atoms with van der Waals surface area (Å²) in [4.78, 5) is 2.59. The Bertz CT molecular complexity index is 154. The van der Waals surface area contributed by atoms with Crippen molar-refractivity contribution in [2.45, 2.75) is 46.1 Å². The first-order valence-electron chi connectivity index (χ1n) is 5.95. The molecule has 0 spiro atoms. The maximum Gasteiger partial charge on any atom is 0.00966 e. The van der Waals surface area contributed by atoms with E-state index in [4.69, 9.17) is 0 Å². The van der Waals surface area contributed by atoms with Gasteiger partial charge in [-0.25, -0.2) is 0 Å². The van der Waals surface area contributed by atoms with Crippen LogP contribution in [0.2, 0.25) is 0 Å². The van der Waals surface area contributed by atoms with Crippen LogP contribution in [0.25, 0.3) is 0 Å². The van der Waals surface area contributed by atoms with Crippen molar-refractivity contribution in [2.75, 3.05) is 26.2 Å². The molecule has 1 atom stereocenters. The molecule has 0 radical (unpaired) electrons. The molecule has 0 aliphatic carbocycles. The van der Waals surface area contributed by atoms with Gasteiger partial charge in [-0.05, 0) is 59.2 Å². The van der Waals surface area contributed by atoms with Crippen molar-refractivity contribution >= 4 is 0 Å². The highest BCUT2D eigenvalue weighted by Gasteiger charge is 2.16. The van der Waals surface area contributed by atoms with Crippen molar-refractivity contribution in [2.24, 2.45) is 5.92 Å². The Labute approximate surface area is 89.1 Å². The van der Waals surface area contributed by atoms with Gasteiger partial charge >= 0.3 is 0 Å². The molecule has 1 N–H and O–H groups in total. The second kappa shape index (κ2) is 5.13. The Morgan fingerprint density at radius 2 is 1.79 bits per heavy atom. The summed E-state index contributed by atoms with van der Waals surface area (Å²) >= 11 is 0. The van der Waals surface area contributed by atoms with E-state index in [1.165, 1.54) is 32.5 Å². The van der Waals surface area contributed by atoms with E-state index in [0.717, 1.165) is 12.5 Å². The van der Waals surface area contributed by atoms with Crippen LogP contribution >= 0.6 is 0 Å². The minimum Gasteiger partial charge on any atom is -0.312 e. The van der Waals surface area contributed by atoms with E-state index in [0.29, 0.717) is 0 Å². The molecule has 1 unspecified atom stereocenters. The number of rotatable bonds is 4. The highest BCUT2D eigenvalue weighted by atomic mass is 15.1. The molecular formula is C12H26N2. The molecule has 0 saturated carbocycles. The largest absolute Gasteiger partial charge is 0.312 e. The molecule has 0 aromatic heterocycles. The minimum atomic E-state index is 0.263. The van der Waals surface area contributed by atoms with E-state index in [9.17, 15) is 0 Å². The van der Waals surface area contributed by atoms with E-state index in [2.05, 4.69) is 37.9 Å². The fourth-order valence-electron chi connectivity index (χ4n) is 1.95. The van der Waals surface area contributed by atoms with Gasteiger partial charge in [-0.1, -0.05) is 6.92 Å². The van der Waals surface area contributed by atoms with E-state index in [1.807, 2.05) is 0 Å². The molecule has 1 saturated heterocycles. The van der Waals surface area contributed by atoms with Crippen molar-refractivity contribution in [3.8, 4) is 0 Å². The molecule has 1 fully saturated rings. The Morgan fingerprint density at radius 3 is 2.29 bits per heavy atom. The predicted molar refractivity (Wildman–Crippen MR) is 62.6 cm³/mol. The highest BCUT2D eigenvalue weighted by Crippen LogP contribution is 2.10. The number of hydrogen-bond donors (Lipinski definition) is 1. The molecule has 2 nitrogen and oxygen atoms in total. The fourth-order valence-corrected chi connectivity index (χ4v) is 1.95. The molecule has 0 aromatic carbocycles. The third-order valence-corrected chi connectivity index (χ3v) is 2.75. The molecule has 1 rings (SSSR count). The van der Waals surface area contributed by atoms with E-state index in [-0.39, 0.29) is 5.54 Å². The number of likely N-dealkylation sites (tertiary alicyclic amines) is 1. The maximum absolute atomic E-state index is 3.57. The smallest absolute Gasteiger partial charge is 0.00966 e. The lowest BCUT2D eigenvalue weighted by atomic mass is 10.1. The first kappa shape index (κ1) is 12.0. The molecule has 1 aliphatic rings. The van der Waals surface area contributed by atoms with Crippen molar-refractivity contribution in [1.29, 1.82) is 0 Å². The first-order chi connectivity index (χ1) is 6.47. The molecule has 14 heavy (non-hydrogen) atoms. The third kappa shape index (κ3) is 4.97. The summed E-state index contributed by atoms with van der Waals surface area (Å²) in [5.41, 5.74) is 0.263. The summed E-state index contributed by atoms with van der Waals surface area (Å²) in [6, 6.07) is 0. The van der Waals surface area contributed by atoms with Crippen molar-refractivity contribution in [3.63, 3.8) is 0 Å². The Hall–Kier alpha value is -0.0800. The van der Waals surface area contributed by atoms with Crippen LogP contribution in [-0.2, 0) is 0 Å². The van der Waals surface area contributed by atoms with Crippen molar-refractivity contribution < 1.29 is 0 Å². The fraction of sp³-hybridized carbons (Fsp3) is 1.00. The van der Waals surface area contributed by atoms with E-state index < -0.39 is 0 Å². The summed E-state index contributed by atoms with van der Waals surface area (Å²) in [7, 11) is 0. The molecule has 1 heterocycles. The van der Waals surface area contributed by atoms with Gasteiger partial charge in [-0.15, -0.1) is 0 Å². The van der Waals surface area contributed by atoms with Crippen molar-refractivity contribution in [1.82, 2.24) is 10.2 Å². The van der Waals surface area contributed by atoms with Crippen molar-refractivity contribution in [3.05, 3.63) is 0 Å². The molecule has 1 aliphatic heterocycles. The lowest BCUT2D eigenvalue weighted by Gasteiger charge is -2.26. The van der Waals surface area contributed by atoms with Crippen LogP contribution in [0, 0.1) is 5.92 Å². The predicted octanol–water partition coefficient (Wildman–Crippen LogP) is 2.11. The van der Waals surface area contributed by atoms with Gasteiger partial charge in [0, 0.05) is 12.1 Å². The normalized spacial score (nSPS) is 21.4. The average molecular weight is 198 g/mol. The molecule has 0 aromatic rings. The zero-order chi connectivity index (χ0) is 10.6. The number of nitrogens with zero attached hydrogens (tertiary/aromatic N) is 1. The molecule has 84 valence electrons. The van der Waals surface area contributed by atoms with Gasteiger partial charge in [-0.2, -0.15) is 0 Å². The first-order valence-corrected chi connectivity index (χ1v) is 5.95. The molecule has 2 heteroatoms. The summed E-state index contributed by atoms with van der Waals surface area (Å²) in [6.45, 7) is 14.1. The van der Waals surface area contributed by atoms with Gasteiger partial charge in [-0.3, -0.25) is 0 Å². The SMILES string of the molecule is CC(CNC(C)(C)C)CN1CCCC1. The topological polar surface area (TPSA) is 15.3 Å². The number of hydrogen-bond acceptors (Lipinski definition) is 2. The standard InChI is InChI=1S/C12H26N2/c1-11(9-13-12(2,3)4)10-14-7-5-6-8-14/h11,13H,5-10H2,1-4H3. The zero-order valence-corrected chi connectivity index (χ0v) is 10.3. The quantitative estimate of drug-likeness (QED) is 0.744. The number of nitrogens with one attached hydrogen (secondary N) is 1. The van der Waals surface area contributed by atoms with E-state index in [1.54, 1.807) is 0 Å². The zero-order valence-electron chi connectivity index (χ0n) is 10.3. The average Bonchev–Trinajstić information content (AvgIpc) is 2.52. The van der Waals surface area contributed by atoms with Gasteiger partial charge in [0.15, 0.2) is 0 Å². The second-order valence-corrected chi connectivity index (χ2v) is 5.74.